The minimum atomic E-state index is 0.129. The largest absolute Gasteiger partial charge is 0.396 e. The van der Waals surface area contributed by atoms with Crippen molar-refractivity contribution < 1.29 is 9.90 Å². The highest BCUT2D eigenvalue weighted by Crippen LogP contribution is 2.29. The monoisotopic (exact) mass is 383 g/mol. The van der Waals surface area contributed by atoms with Gasteiger partial charge >= 0.3 is 0 Å². The van der Waals surface area contributed by atoms with Crippen molar-refractivity contribution in [2.24, 2.45) is 5.92 Å². The van der Waals surface area contributed by atoms with Crippen LogP contribution in [0.4, 0.5) is 0 Å². The van der Waals surface area contributed by atoms with Crippen LogP contribution in [0.15, 0.2) is 24.3 Å². The lowest BCUT2D eigenvalue weighted by Gasteiger charge is -2.23. The summed E-state index contributed by atoms with van der Waals surface area (Å²) < 4.78 is 2.18. The Balaban J connectivity index is 1.53. The molecule has 1 unspecified atom stereocenters. The molecule has 1 atom stereocenters. The predicted octanol–water partition coefficient (Wildman–Crippen LogP) is 3.21. The number of aromatic nitrogens is 1. The number of hydrogen-bond donors (Lipinski definition) is 2. The summed E-state index contributed by atoms with van der Waals surface area (Å²) in [6.45, 7) is 5.69. The number of para-hydroxylation sites is 1. The number of fused-ring (bicyclic) bond motifs is 1. The summed E-state index contributed by atoms with van der Waals surface area (Å²) >= 11 is 0. The molecule has 2 fully saturated rings. The summed E-state index contributed by atoms with van der Waals surface area (Å²) in [4.78, 5) is 15.2. The third-order valence-electron chi connectivity index (χ3n) is 6.64. The number of aliphatic hydroxyl groups excluding tert-OH is 1. The summed E-state index contributed by atoms with van der Waals surface area (Å²) in [5.41, 5.74) is 3.65. The second-order valence-corrected chi connectivity index (χ2v) is 8.64. The Bertz CT molecular complexity index is 823. The predicted molar refractivity (Wildman–Crippen MR) is 112 cm³/mol. The molecule has 1 aromatic carbocycles. The van der Waals surface area contributed by atoms with E-state index in [0.717, 1.165) is 44.4 Å². The number of nitrogens with zero attached hydrogens (tertiary/aromatic N) is 2. The molecule has 0 radical (unpaired) electrons. The van der Waals surface area contributed by atoms with Gasteiger partial charge in [0, 0.05) is 42.3 Å². The van der Waals surface area contributed by atoms with Crippen LogP contribution in [-0.4, -0.2) is 46.2 Å². The Kier molecular flexibility index (Phi) is 6.02. The molecule has 5 heteroatoms. The van der Waals surface area contributed by atoms with Gasteiger partial charge < -0.3 is 15.0 Å². The number of nitrogens with one attached hydrogen (secondary N) is 1. The van der Waals surface area contributed by atoms with Crippen LogP contribution in [0, 0.1) is 12.8 Å². The number of amides is 1. The van der Waals surface area contributed by atoms with Crippen LogP contribution in [0.5, 0.6) is 0 Å². The van der Waals surface area contributed by atoms with E-state index in [2.05, 4.69) is 46.0 Å². The summed E-state index contributed by atoms with van der Waals surface area (Å²) in [5.74, 6) is 0.527. The maximum absolute atomic E-state index is 12.7. The molecule has 1 aromatic heterocycles. The highest BCUT2D eigenvalue weighted by Gasteiger charge is 2.25. The van der Waals surface area contributed by atoms with E-state index in [1.165, 1.54) is 35.9 Å². The van der Waals surface area contributed by atoms with E-state index >= 15 is 0 Å². The smallest absolute Gasteiger partial charge is 0.240 e. The quantitative estimate of drug-likeness (QED) is 0.805. The highest BCUT2D eigenvalue weighted by atomic mass is 16.3. The van der Waals surface area contributed by atoms with Gasteiger partial charge in [0.2, 0.25) is 5.91 Å². The van der Waals surface area contributed by atoms with Gasteiger partial charge in [-0.25, -0.2) is 0 Å². The second-order valence-electron chi connectivity index (χ2n) is 8.64. The molecule has 0 spiro atoms. The molecule has 2 heterocycles. The summed E-state index contributed by atoms with van der Waals surface area (Å²) in [5, 5.41) is 13.9. The van der Waals surface area contributed by atoms with Crippen LogP contribution in [0.25, 0.3) is 10.9 Å². The third-order valence-corrected chi connectivity index (χ3v) is 6.64. The van der Waals surface area contributed by atoms with E-state index in [1.54, 1.807) is 0 Å². The lowest BCUT2D eigenvalue weighted by atomic mass is 9.95. The average Bonchev–Trinajstić information content (AvgIpc) is 3.27. The van der Waals surface area contributed by atoms with Crippen LogP contribution in [0.3, 0.4) is 0 Å². The lowest BCUT2D eigenvalue weighted by molar-refractivity contribution is -0.122. The molecule has 1 saturated heterocycles. The van der Waals surface area contributed by atoms with Gasteiger partial charge in [0.1, 0.15) is 6.54 Å². The molecule has 5 nitrogen and oxygen atoms in total. The van der Waals surface area contributed by atoms with Gasteiger partial charge in [0.25, 0.3) is 0 Å². The van der Waals surface area contributed by atoms with E-state index in [9.17, 15) is 9.90 Å². The fraction of sp³-hybridized carbons (Fsp3) is 0.609. The average molecular weight is 384 g/mol. The van der Waals surface area contributed by atoms with Gasteiger partial charge in [-0.05, 0) is 50.3 Å². The van der Waals surface area contributed by atoms with Gasteiger partial charge in [0.05, 0.1) is 0 Å². The minimum absolute atomic E-state index is 0.129. The van der Waals surface area contributed by atoms with Crippen molar-refractivity contribution in [2.45, 2.75) is 64.6 Å². The van der Waals surface area contributed by atoms with Crippen LogP contribution in [0.1, 0.15) is 49.8 Å². The van der Waals surface area contributed by atoms with Crippen molar-refractivity contribution in [3.8, 4) is 0 Å². The SMILES string of the molecule is Cc1c(CN2CCC(CO)C2)c2ccccc2n1CC(=O)NC1CCCCC1. The van der Waals surface area contributed by atoms with Crippen molar-refractivity contribution in [1.82, 2.24) is 14.8 Å². The van der Waals surface area contributed by atoms with Crippen molar-refractivity contribution in [3.05, 3.63) is 35.5 Å². The van der Waals surface area contributed by atoms with E-state index in [0.29, 0.717) is 18.5 Å². The molecular weight excluding hydrogens is 350 g/mol. The molecule has 1 saturated carbocycles. The highest BCUT2D eigenvalue weighted by molar-refractivity contribution is 5.87. The van der Waals surface area contributed by atoms with E-state index < -0.39 is 0 Å². The number of benzene rings is 1. The number of carbonyl (C=O) groups is 1. The Hall–Kier alpha value is -1.85. The molecule has 1 amide bonds. The fourth-order valence-electron chi connectivity index (χ4n) is 5.00. The van der Waals surface area contributed by atoms with Crippen LogP contribution < -0.4 is 5.32 Å². The Morgan fingerprint density at radius 2 is 1.96 bits per heavy atom. The van der Waals surface area contributed by atoms with Crippen molar-refractivity contribution in [2.75, 3.05) is 19.7 Å². The molecule has 152 valence electrons. The van der Waals surface area contributed by atoms with Gasteiger partial charge in [-0.2, -0.15) is 0 Å². The molecular formula is C23H33N3O2. The molecule has 1 aliphatic carbocycles. The van der Waals surface area contributed by atoms with Crippen molar-refractivity contribution in [3.63, 3.8) is 0 Å². The first kappa shape index (κ1) is 19.5. The summed E-state index contributed by atoms with van der Waals surface area (Å²) in [6, 6.07) is 8.78. The van der Waals surface area contributed by atoms with Gasteiger partial charge in [0.15, 0.2) is 0 Å². The number of likely N-dealkylation sites (tertiary alicyclic amines) is 1. The second kappa shape index (κ2) is 8.66. The molecule has 1 aliphatic heterocycles. The molecule has 4 rings (SSSR count). The number of aliphatic hydroxyl groups is 1. The summed E-state index contributed by atoms with van der Waals surface area (Å²) in [6.07, 6.45) is 7.05. The molecule has 2 aromatic rings. The molecule has 28 heavy (non-hydrogen) atoms. The standard InChI is InChI=1S/C23H33N3O2/c1-17-21(14-25-12-11-18(13-25)16-27)20-9-5-6-10-22(20)26(17)15-23(28)24-19-7-3-2-4-8-19/h5-6,9-10,18-19,27H,2-4,7-8,11-16H2,1H3,(H,24,28). The maximum Gasteiger partial charge on any atom is 0.240 e. The van der Waals surface area contributed by atoms with E-state index in [4.69, 9.17) is 0 Å². The first-order chi connectivity index (χ1) is 13.7. The third kappa shape index (κ3) is 4.11. The van der Waals surface area contributed by atoms with Gasteiger partial charge in [-0.1, -0.05) is 37.5 Å². The number of rotatable bonds is 6. The Morgan fingerprint density at radius 3 is 2.71 bits per heavy atom. The van der Waals surface area contributed by atoms with E-state index in [1.807, 2.05) is 0 Å². The zero-order valence-corrected chi connectivity index (χ0v) is 17.0. The number of carbonyl (C=O) groups excluding carboxylic acids is 1. The minimum Gasteiger partial charge on any atom is -0.396 e. The molecule has 2 aliphatic rings. The maximum atomic E-state index is 12.7. The first-order valence-electron chi connectivity index (χ1n) is 10.8. The van der Waals surface area contributed by atoms with Crippen molar-refractivity contribution in [1.29, 1.82) is 0 Å². The van der Waals surface area contributed by atoms with Crippen molar-refractivity contribution >= 4 is 16.8 Å². The topological polar surface area (TPSA) is 57.5 Å². The van der Waals surface area contributed by atoms with Crippen LogP contribution >= 0.6 is 0 Å². The summed E-state index contributed by atoms with van der Waals surface area (Å²) in [7, 11) is 0. The number of hydrogen-bond acceptors (Lipinski definition) is 3. The van der Waals surface area contributed by atoms with E-state index in [-0.39, 0.29) is 12.5 Å². The van der Waals surface area contributed by atoms with Gasteiger partial charge in [-0.3, -0.25) is 9.69 Å². The van der Waals surface area contributed by atoms with Crippen LogP contribution in [-0.2, 0) is 17.9 Å². The Labute approximate surface area is 167 Å². The van der Waals surface area contributed by atoms with Gasteiger partial charge in [-0.15, -0.1) is 0 Å². The molecule has 0 bridgehead atoms. The Morgan fingerprint density at radius 1 is 1.18 bits per heavy atom. The van der Waals surface area contributed by atoms with Crippen LogP contribution in [0.2, 0.25) is 0 Å². The molecule has 2 N–H and O–H groups in total. The normalized spacial score (nSPS) is 21.4. The fourth-order valence-corrected chi connectivity index (χ4v) is 5.00. The zero-order chi connectivity index (χ0) is 19.5. The first-order valence-corrected chi connectivity index (χ1v) is 10.8. The zero-order valence-electron chi connectivity index (χ0n) is 17.0. The lowest BCUT2D eigenvalue weighted by Crippen LogP contribution is -2.38.